The standard InChI is InChI=1S/C10H14N2O2/c1-3-14-10(13)8-4-5-12-9(6-8)7(2)11/h4-7H,3,11H2,1-2H3/t7-/m1/s1. The largest absolute Gasteiger partial charge is 0.462 e. The predicted octanol–water partition coefficient (Wildman–Crippen LogP) is 1.28. The number of ether oxygens (including phenoxy) is 1. The highest BCUT2D eigenvalue weighted by Gasteiger charge is 2.08. The molecule has 0 amide bonds. The molecule has 1 rings (SSSR count). The van der Waals surface area contributed by atoms with Crippen LogP contribution in [0.15, 0.2) is 18.3 Å². The summed E-state index contributed by atoms with van der Waals surface area (Å²) < 4.78 is 4.86. The van der Waals surface area contributed by atoms with Crippen LogP contribution in [0.5, 0.6) is 0 Å². The Morgan fingerprint density at radius 2 is 2.43 bits per heavy atom. The van der Waals surface area contributed by atoms with Gasteiger partial charge in [-0.25, -0.2) is 4.79 Å². The van der Waals surface area contributed by atoms with Crippen LogP contribution in [0.25, 0.3) is 0 Å². The molecule has 4 heteroatoms. The van der Waals surface area contributed by atoms with Crippen molar-refractivity contribution < 1.29 is 9.53 Å². The Labute approximate surface area is 83.1 Å². The van der Waals surface area contributed by atoms with Crippen molar-refractivity contribution in [3.8, 4) is 0 Å². The number of hydrogen-bond donors (Lipinski definition) is 1. The third kappa shape index (κ3) is 2.53. The third-order valence-corrected chi connectivity index (χ3v) is 1.76. The molecule has 4 nitrogen and oxygen atoms in total. The van der Waals surface area contributed by atoms with Crippen LogP contribution in [-0.4, -0.2) is 17.6 Å². The number of rotatable bonds is 3. The molecule has 1 aromatic rings. The van der Waals surface area contributed by atoms with Gasteiger partial charge in [-0.1, -0.05) is 0 Å². The van der Waals surface area contributed by atoms with Crippen molar-refractivity contribution in [2.75, 3.05) is 6.61 Å². The number of pyridine rings is 1. The van der Waals surface area contributed by atoms with E-state index in [1.165, 1.54) is 0 Å². The van der Waals surface area contributed by atoms with Gasteiger partial charge in [-0.2, -0.15) is 0 Å². The third-order valence-electron chi connectivity index (χ3n) is 1.76. The summed E-state index contributed by atoms with van der Waals surface area (Å²) in [5.74, 6) is -0.336. The average molecular weight is 194 g/mol. The molecular formula is C10H14N2O2. The molecule has 0 aromatic carbocycles. The van der Waals surface area contributed by atoms with Crippen LogP contribution in [0.3, 0.4) is 0 Å². The molecular weight excluding hydrogens is 180 g/mol. The van der Waals surface area contributed by atoms with E-state index in [2.05, 4.69) is 4.98 Å². The second kappa shape index (κ2) is 4.72. The molecule has 0 spiro atoms. The molecule has 1 atom stereocenters. The Bertz CT molecular complexity index is 324. The first-order valence-corrected chi connectivity index (χ1v) is 4.53. The highest BCUT2D eigenvalue weighted by molar-refractivity contribution is 5.89. The summed E-state index contributed by atoms with van der Waals surface area (Å²) in [4.78, 5) is 15.4. The van der Waals surface area contributed by atoms with Gasteiger partial charge in [0.2, 0.25) is 0 Å². The summed E-state index contributed by atoms with van der Waals surface area (Å²) in [6.45, 7) is 3.96. The Hall–Kier alpha value is -1.42. The number of hydrogen-bond acceptors (Lipinski definition) is 4. The van der Waals surface area contributed by atoms with Gasteiger partial charge in [-0.15, -0.1) is 0 Å². The molecule has 2 N–H and O–H groups in total. The lowest BCUT2D eigenvalue weighted by Crippen LogP contribution is -2.10. The van der Waals surface area contributed by atoms with E-state index in [9.17, 15) is 4.79 Å². The fourth-order valence-corrected chi connectivity index (χ4v) is 1.04. The minimum absolute atomic E-state index is 0.177. The lowest BCUT2D eigenvalue weighted by Gasteiger charge is -2.06. The smallest absolute Gasteiger partial charge is 0.338 e. The highest BCUT2D eigenvalue weighted by Crippen LogP contribution is 2.09. The van der Waals surface area contributed by atoms with Gasteiger partial charge in [-0.05, 0) is 26.0 Å². The van der Waals surface area contributed by atoms with Crippen molar-refractivity contribution in [3.05, 3.63) is 29.6 Å². The molecule has 1 heterocycles. The number of nitrogens with zero attached hydrogens (tertiary/aromatic N) is 1. The van der Waals surface area contributed by atoms with E-state index in [-0.39, 0.29) is 12.0 Å². The number of aromatic nitrogens is 1. The molecule has 1 aromatic heterocycles. The Morgan fingerprint density at radius 3 is 3.00 bits per heavy atom. The fraction of sp³-hybridized carbons (Fsp3) is 0.400. The van der Waals surface area contributed by atoms with Gasteiger partial charge in [0, 0.05) is 12.2 Å². The van der Waals surface area contributed by atoms with Gasteiger partial charge >= 0.3 is 5.97 Å². The zero-order chi connectivity index (χ0) is 10.6. The van der Waals surface area contributed by atoms with Gasteiger partial charge in [0.25, 0.3) is 0 Å². The predicted molar refractivity (Wildman–Crippen MR) is 52.8 cm³/mol. The molecule has 14 heavy (non-hydrogen) atoms. The molecule has 0 aliphatic heterocycles. The van der Waals surface area contributed by atoms with Gasteiger partial charge in [0.1, 0.15) is 0 Å². The summed E-state index contributed by atoms with van der Waals surface area (Å²) in [5, 5.41) is 0. The monoisotopic (exact) mass is 194 g/mol. The first-order chi connectivity index (χ1) is 6.65. The average Bonchev–Trinajstić information content (AvgIpc) is 2.18. The lowest BCUT2D eigenvalue weighted by molar-refractivity contribution is 0.0526. The first-order valence-electron chi connectivity index (χ1n) is 4.53. The Morgan fingerprint density at radius 1 is 1.71 bits per heavy atom. The van der Waals surface area contributed by atoms with Crippen LogP contribution in [0.1, 0.15) is 35.9 Å². The van der Waals surface area contributed by atoms with Gasteiger partial charge in [-0.3, -0.25) is 4.98 Å². The van der Waals surface area contributed by atoms with Crippen molar-refractivity contribution in [2.24, 2.45) is 5.73 Å². The van der Waals surface area contributed by atoms with E-state index in [1.54, 1.807) is 25.3 Å². The number of nitrogens with two attached hydrogens (primary N) is 1. The zero-order valence-electron chi connectivity index (χ0n) is 8.36. The van der Waals surface area contributed by atoms with Crippen molar-refractivity contribution in [1.82, 2.24) is 4.98 Å². The summed E-state index contributed by atoms with van der Waals surface area (Å²) in [5.41, 5.74) is 6.83. The normalized spacial score (nSPS) is 12.2. The number of esters is 1. The maximum atomic E-state index is 11.3. The summed E-state index contributed by atoms with van der Waals surface area (Å²) >= 11 is 0. The minimum atomic E-state index is -0.336. The van der Waals surface area contributed by atoms with Crippen molar-refractivity contribution >= 4 is 5.97 Å². The number of carbonyl (C=O) groups is 1. The fourth-order valence-electron chi connectivity index (χ4n) is 1.04. The molecule has 0 fully saturated rings. The van der Waals surface area contributed by atoms with Crippen molar-refractivity contribution in [1.29, 1.82) is 0 Å². The molecule has 0 saturated heterocycles. The molecule has 0 radical (unpaired) electrons. The Balaban J connectivity index is 2.88. The van der Waals surface area contributed by atoms with Crippen LogP contribution in [0.2, 0.25) is 0 Å². The van der Waals surface area contributed by atoms with E-state index >= 15 is 0 Å². The minimum Gasteiger partial charge on any atom is -0.462 e. The molecule has 0 saturated carbocycles. The number of carbonyl (C=O) groups excluding carboxylic acids is 1. The topological polar surface area (TPSA) is 65.2 Å². The summed E-state index contributed by atoms with van der Waals surface area (Å²) in [7, 11) is 0. The molecule has 0 aliphatic carbocycles. The van der Waals surface area contributed by atoms with Gasteiger partial charge < -0.3 is 10.5 Å². The highest BCUT2D eigenvalue weighted by atomic mass is 16.5. The van der Waals surface area contributed by atoms with E-state index in [1.807, 2.05) is 6.92 Å². The van der Waals surface area contributed by atoms with E-state index < -0.39 is 0 Å². The van der Waals surface area contributed by atoms with Crippen molar-refractivity contribution in [2.45, 2.75) is 19.9 Å². The summed E-state index contributed by atoms with van der Waals surface area (Å²) in [6.07, 6.45) is 1.56. The van der Waals surface area contributed by atoms with Crippen LogP contribution in [0.4, 0.5) is 0 Å². The zero-order valence-corrected chi connectivity index (χ0v) is 8.36. The van der Waals surface area contributed by atoms with Crippen LogP contribution in [-0.2, 0) is 4.74 Å². The van der Waals surface area contributed by atoms with Crippen LogP contribution >= 0.6 is 0 Å². The summed E-state index contributed by atoms with van der Waals surface area (Å²) in [6, 6.07) is 3.09. The molecule has 0 unspecified atom stereocenters. The van der Waals surface area contributed by atoms with Gasteiger partial charge in [0.05, 0.1) is 17.9 Å². The van der Waals surface area contributed by atoms with E-state index in [0.717, 1.165) is 0 Å². The van der Waals surface area contributed by atoms with E-state index in [4.69, 9.17) is 10.5 Å². The Kier molecular flexibility index (Phi) is 3.59. The first kappa shape index (κ1) is 10.7. The maximum absolute atomic E-state index is 11.3. The second-order valence-electron chi connectivity index (χ2n) is 2.98. The molecule has 76 valence electrons. The second-order valence-corrected chi connectivity index (χ2v) is 2.98. The van der Waals surface area contributed by atoms with Gasteiger partial charge in [0.15, 0.2) is 0 Å². The quantitative estimate of drug-likeness (QED) is 0.736. The van der Waals surface area contributed by atoms with Crippen LogP contribution in [0, 0.1) is 0 Å². The SMILES string of the molecule is CCOC(=O)c1ccnc([C@@H](C)N)c1. The van der Waals surface area contributed by atoms with Crippen molar-refractivity contribution in [3.63, 3.8) is 0 Å². The molecule has 0 bridgehead atoms. The lowest BCUT2D eigenvalue weighted by atomic mass is 10.1. The van der Waals surface area contributed by atoms with Crippen LogP contribution < -0.4 is 5.73 Å². The van der Waals surface area contributed by atoms with E-state index in [0.29, 0.717) is 17.9 Å². The molecule has 0 aliphatic rings. The maximum Gasteiger partial charge on any atom is 0.338 e.